The highest BCUT2D eigenvalue weighted by molar-refractivity contribution is 6.32. The van der Waals surface area contributed by atoms with Gasteiger partial charge in [0.1, 0.15) is 6.61 Å². The van der Waals surface area contributed by atoms with Gasteiger partial charge in [0.25, 0.3) is 0 Å². The summed E-state index contributed by atoms with van der Waals surface area (Å²) >= 11 is 6.26. The quantitative estimate of drug-likeness (QED) is 0.796. The third-order valence-electron chi connectivity index (χ3n) is 2.65. The smallest absolute Gasteiger partial charge is 0.179 e. The van der Waals surface area contributed by atoms with E-state index in [1.54, 1.807) is 7.11 Å². The van der Waals surface area contributed by atoms with Gasteiger partial charge in [-0.1, -0.05) is 18.5 Å². The fourth-order valence-electron chi connectivity index (χ4n) is 1.61. The molecule has 108 valence electrons. The second kappa shape index (κ2) is 8.25. The molecule has 0 unspecified atom stereocenters. The molecular weight excluding hydrogens is 264 g/mol. The van der Waals surface area contributed by atoms with Crippen molar-refractivity contribution in [3.05, 3.63) is 22.7 Å². The Morgan fingerprint density at radius 2 is 2.05 bits per heavy atom. The molecule has 1 rings (SSSR count). The predicted molar refractivity (Wildman–Crippen MR) is 79.4 cm³/mol. The number of methoxy groups -OCH3 is 1. The number of benzene rings is 1. The average molecular weight is 287 g/mol. The Morgan fingerprint density at radius 3 is 2.63 bits per heavy atom. The molecule has 0 atom stereocenters. The van der Waals surface area contributed by atoms with Gasteiger partial charge in [0.15, 0.2) is 11.5 Å². The van der Waals surface area contributed by atoms with Gasteiger partial charge in [-0.25, -0.2) is 0 Å². The van der Waals surface area contributed by atoms with E-state index in [9.17, 15) is 0 Å². The Morgan fingerprint density at radius 1 is 1.32 bits per heavy atom. The Bertz CT molecular complexity index is 397. The summed E-state index contributed by atoms with van der Waals surface area (Å²) in [6.45, 7) is 5.16. The van der Waals surface area contributed by atoms with Crippen LogP contribution in [-0.2, 0) is 6.54 Å². The van der Waals surface area contributed by atoms with Crippen molar-refractivity contribution in [2.45, 2.75) is 13.5 Å². The van der Waals surface area contributed by atoms with Gasteiger partial charge >= 0.3 is 0 Å². The largest absolute Gasteiger partial charge is 0.493 e. The van der Waals surface area contributed by atoms with E-state index >= 15 is 0 Å². The normalized spacial score (nSPS) is 10.8. The van der Waals surface area contributed by atoms with Gasteiger partial charge in [0, 0.05) is 13.1 Å². The van der Waals surface area contributed by atoms with E-state index in [4.69, 9.17) is 21.1 Å². The van der Waals surface area contributed by atoms with E-state index in [0.29, 0.717) is 23.1 Å². The van der Waals surface area contributed by atoms with Gasteiger partial charge in [-0.3, -0.25) is 0 Å². The molecule has 1 N–H and O–H groups in total. The molecule has 0 saturated carbocycles. The lowest BCUT2D eigenvalue weighted by Gasteiger charge is -2.16. The first kappa shape index (κ1) is 16.1. The van der Waals surface area contributed by atoms with Crippen molar-refractivity contribution in [2.75, 3.05) is 40.9 Å². The number of likely N-dealkylation sites (N-methyl/N-ethyl adjacent to an activating group) is 1. The molecule has 0 heterocycles. The average Bonchev–Trinajstić information content (AvgIpc) is 2.37. The molecule has 0 saturated heterocycles. The standard InChI is InChI=1S/C14H23ClN2O2/c1-5-16-10-11-8-12(15)14(13(9-11)18-4)19-7-6-17(2)3/h8-9,16H,5-7,10H2,1-4H3. The minimum Gasteiger partial charge on any atom is -0.493 e. The first-order valence-corrected chi connectivity index (χ1v) is 6.81. The second-order valence-corrected chi connectivity index (χ2v) is 4.95. The lowest BCUT2D eigenvalue weighted by atomic mass is 10.2. The topological polar surface area (TPSA) is 33.7 Å². The zero-order valence-electron chi connectivity index (χ0n) is 12.1. The van der Waals surface area contributed by atoms with Crippen LogP contribution in [0.15, 0.2) is 12.1 Å². The highest BCUT2D eigenvalue weighted by atomic mass is 35.5. The second-order valence-electron chi connectivity index (χ2n) is 4.54. The van der Waals surface area contributed by atoms with Gasteiger partial charge < -0.3 is 19.7 Å². The molecule has 0 amide bonds. The molecule has 4 nitrogen and oxygen atoms in total. The molecule has 1 aromatic carbocycles. The van der Waals surface area contributed by atoms with Crippen LogP contribution < -0.4 is 14.8 Å². The molecule has 0 radical (unpaired) electrons. The third kappa shape index (κ3) is 5.27. The van der Waals surface area contributed by atoms with Crippen molar-refractivity contribution >= 4 is 11.6 Å². The Balaban J connectivity index is 2.79. The van der Waals surface area contributed by atoms with Gasteiger partial charge in [-0.15, -0.1) is 0 Å². The molecule has 0 aliphatic carbocycles. The fraction of sp³-hybridized carbons (Fsp3) is 0.571. The van der Waals surface area contributed by atoms with Crippen LogP contribution in [0.1, 0.15) is 12.5 Å². The summed E-state index contributed by atoms with van der Waals surface area (Å²) in [5.74, 6) is 1.30. The van der Waals surface area contributed by atoms with E-state index in [-0.39, 0.29) is 0 Å². The number of halogens is 1. The summed E-state index contributed by atoms with van der Waals surface area (Å²) < 4.78 is 11.1. The monoisotopic (exact) mass is 286 g/mol. The minimum atomic E-state index is 0.579. The number of rotatable bonds is 8. The Hall–Kier alpha value is -0.970. The number of nitrogens with one attached hydrogen (secondary N) is 1. The zero-order valence-corrected chi connectivity index (χ0v) is 12.9. The summed E-state index contributed by atoms with van der Waals surface area (Å²) in [6.07, 6.45) is 0. The van der Waals surface area contributed by atoms with Crippen LogP contribution in [0.3, 0.4) is 0 Å². The van der Waals surface area contributed by atoms with Gasteiger partial charge in [0.2, 0.25) is 0 Å². The molecule has 0 aromatic heterocycles. The SMILES string of the molecule is CCNCc1cc(Cl)c(OCCN(C)C)c(OC)c1. The number of ether oxygens (including phenoxy) is 2. The van der Waals surface area contributed by atoms with E-state index < -0.39 is 0 Å². The van der Waals surface area contributed by atoms with Crippen molar-refractivity contribution in [3.8, 4) is 11.5 Å². The van der Waals surface area contributed by atoms with Crippen LogP contribution in [0.4, 0.5) is 0 Å². The summed E-state index contributed by atoms with van der Waals surface area (Å²) in [7, 11) is 5.63. The molecule has 1 aromatic rings. The third-order valence-corrected chi connectivity index (χ3v) is 2.93. The molecule has 5 heteroatoms. The number of hydrogen-bond donors (Lipinski definition) is 1. The highest BCUT2D eigenvalue weighted by Gasteiger charge is 2.12. The van der Waals surface area contributed by atoms with Crippen LogP contribution in [-0.4, -0.2) is 45.8 Å². The number of hydrogen-bond acceptors (Lipinski definition) is 4. The van der Waals surface area contributed by atoms with E-state index in [1.165, 1.54) is 0 Å². The van der Waals surface area contributed by atoms with E-state index in [0.717, 1.165) is 25.2 Å². The van der Waals surface area contributed by atoms with Gasteiger partial charge in [-0.2, -0.15) is 0 Å². The molecule has 0 aliphatic rings. The molecule has 0 bridgehead atoms. The van der Waals surface area contributed by atoms with E-state index in [1.807, 2.05) is 26.2 Å². The van der Waals surface area contributed by atoms with Crippen molar-refractivity contribution in [3.63, 3.8) is 0 Å². The molecule has 0 aliphatic heterocycles. The van der Waals surface area contributed by atoms with Crippen molar-refractivity contribution < 1.29 is 9.47 Å². The summed E-state index contributed by atoms with van der Waals surface area (Å²) in [5.41, 5.74) is 1.09. The van der Waals surface area contributed by atoms with E-state index in [2.05, 4.69) is 17.1 Å². The summed E-state index contributed by atoms with van der Waals surface area (Å²) in [5, 5.41) is 3.85. The summed E-state index contributed by atoms with van der Waals surface area (Å²) in [4.78, 5) is 2.06. The van der Waals surface area contributed by atoms with Gasteiger partial charge in [0.05, 0.1) is 12.1 Å². The lowest BCUT2D eigenvalue weighted by Crippen LogP contribution is -2.19. The Kier molecular flexibility index (Phi) is 6.99. The summed E-state index contributed by atoms with van der Waals surface area (Å²) in [6, 6.07) is 3.87. The Labute approximate surface area is 120 Å². The zero-order chi connectivity index (χ0) is 14.3. The first-order chi connectivity index (χ1) is 9.08. The fourth-order valence-corrected chi connectivity index (χ4v) is 1.90. The van der Waals surface area contributed by atoms with Crippen LogP contribution in [0.2, 0.25) is 5.02 Å². The molecule has 0 fully saturated rings. The van der Waals surface area contributed by atoms with Crippen molar-refractivity contribution in [1.29, 1.82) is 0 Å². The van der Waals surface area contributed by atoms with Crippen LogP contribution >= 0.6 is 11.6 Å². The van der Waals surface area contributed by atoms with Crippen molar-refractivity contribution in [1.82, 2.24) is 10.2 Å². The number of nitrogens with zero attached hydrogens (tertiary/aromatic N) is 1. The van der Waals surface area contributed by atoms with Crippen molar-refractivity contribution in [2.24, 2.45) is 0 Å². The maximum Gasteiger partial charge on any atom is 0.179 e. The van der Waals surface area contributed by atoms with Crippen LogP contribution in [0, 0.1) is 0 Å². The minimum absolute atomic E-state index is 0.579. The van der Waals surface area contributed by atoms with Crippen LogP contribution in [0.25, 0.3) is 0 Å². The molecule has 0 spiro atoms. The predicted octanol–water partition coefficient (Wildman–Crippen LogP) is 2.40. The maximum atomic E-state index is 6.26. The lowest BCUT2D eigenvalue weighted by molar-refractivity contribution is 0.250. The highest BCUT2D eigenvalue weighted by Crippen LogP contribution is 2.36. The maximum absolute atomic E-state index is 6.26. The molecular formula is C14H23ClN2O2. The van der Waals surface area contributed by atoms with Crippen LogP contribution in [0.5, 0.6) is 11.5 Å². The molecule has 19 heavy (non-hydrogen) atoms. The first-order valence-electron chi connectivity index (χ1n) is 6.43. The van der Waals surface area contributed by atoms with Gasteiger partial charge in [-0.05, 0) is 38.3 Å².